The zero-order valence-electron chi connectivity index (χ0n) is 10.7. The smallest absolute Gasteiger partial charge is 0.242 e. The number of benzene rings is 1. The fourth-order valence-electron chi connectivity index (χ4n) is 1.92. The van der Waals surface area contributed by atoms with Crippen molar-refractivity contribution >= 4 is 34.2 Å². The number of hydrogen-bond acceptors (Lipinski definition) is 3. The third-order valence-corrected chi connectivity index (χ3v) is 3.71. The molecular formula is C14H11Cl2N3O. The van der Waals surface area contributed by atoms with Gasteiger partial charge < -0.3 is 9.30 Å². The first kappa shape index (κ1) is 13.2. The molecule has 6 heteroatoms. The molecule has 102 valence electrons. The highest BCUT2D eigenvalue weighted by molar-refractivity contribution is 6.42. The Kier molecular flexibility index (Phi) is 3.51. The highest BCUT2D eigenvalue weighted by Gasteiger charge is 2.08. The Morgan fingerprint density at radius 2 is 2.00 bits per heavy atom. The Hall–Kier alpha value is -1.78. The number of nitrogens with zero attached hydrogens (tertiary/aromatic N) is 3. The molecular weight excluding hydrogens is 297 g/mol. The molecule has 0 atom stereocenters. The third kappa shape index (κ3) is 2.44. The van der Waals surface area contributed by atoms with Gasteiger partial charge in [0.2, 0.25) is 5.88 Å². The number of aryl methyl sites for hydroxylation is 1. The predicted molar refractivity (Wildman–Crippen MR) is 79.3 cm³/mol. The molecule has 20 heavy (non-hydrogen) atoms. The average Bonchev–Trinajstić information content (AvgIpc) is 2.83. The molecule has 0 N–H and O–H groups in total. The van der Waals surface area contributed by atoms with E-state index >= 15 is 0 Å². The summed E-state index contributed by atoms with van der Waals surface area (Å²) in [4.78, 5) is 8.51. The van der Waals surface area contributed by atoms with Gasteiger partial charge in [-0.15, -0.1) is 0 Å². The van der Waals surface area contributed by atoms with Crippen LogP contribution in [0.15, 0.2) is 36.8 Å². The lowest BCUT2D eigenvalue weighted by atomic mass is 10.2. The lowest BCUT2D eigenvalue weighted by Gasteiger charge is -2.07. The Bertz CT molecular complexity index is 770. The van der Waals surface area contributed by atoms with E-state index < -0.39 is 0 Å². The number of hydrogen-bond donors (Lipinski definition) is 0. The summed E-state index contributed by atoms with van der Waals surface area (Å²) in [7, 11) is 1.93. The minimum atomic E-state index is 0.361. The van der Waals surface area contributed by atoms with Gasteiger partial charge in [0.05, 0.1) is 21.9 Å². The SMILES string of the molecule is Cn1cnc2c(OCc3ccc(Cl)c(Cl)c3)nccc21. The van der Waals surface area contributed by atoms with E-state index in [1.807, 2.05) is 23.7 Å². The van der Waals surface area contributed by atoms with Crippen molar-refractivity contribution in [3.8, 4) is 5.88 Å². The number of rotatable bonds is 3. The molecule has 0 saturated carbocycles. The van der Waals surface area contributed by atoms with Crippen molar-refractivity contribution in [2.45, 2.75) is 6.61 Å². The van der Waals surface area contributed by atoms with Crippen LogP contribution in [-0.2, 0) is 13.7 Å². The number of imidazole rings is 1. The maximum atomic E-state index is 5.98. The average molecular weight is 308 g/mol. The highest BCUT2D eigenvalue weighted by Crippen LogP contribution is 2.25. The van der Waals surface area contributed by atoms with Crippen molar-refractivity contribution in [3.63, 3.8) is 0 Å². The maximum absolute atomic E-state index is 5.98. The molecule has 0 radical (unpaired) electrons. The van der Waals surface area contributed by atoms with E-state index in [0.29, 0.717) is 22.5 Å². The quantitative estimate of drug-likeness (QED) is 0.738. The number of halogens is 2. The summed E-state index contributed by atoms with van der Waals surface area (Å²) in [5.41, 5.74) is 2.65. The zero-order valence-corrected chi connectivity index (χ0v) is 12.2. The lowest BCUT2D eigenvalue weighted by molar-refractivity contribution is 0.297. The number of pyridine rings is 1. The topological polar surface area (TPSA) is 39.9 Å². The van der Waals surface area contributed by atoms with Crippen LogP contribution in [0.5, 0.6) is 5.88 Å². The largest absolute Gasteiger partial charge is 0.471 e. The van der Waals surface area contributed by atoms with Gasteiger partial charge in [0.1, 0.15) is 6.61 Å². The Balaban J connectivity index is 1.85. The molecule has 0 unspecified atom stereocenters. The van der Waals surface area contributed by atoms with Crippen LogP contribution >= 0.6 is 23.2 Å². The monoisotopic (exact) mass is 307 g/mol. The molecule has 0 aliphatic carbocycles. The Morgan fingerprint density at radius 3 is 2.80 bits per heavy atom. The normalized spacial score (nSPS) is 10.9. The summed E-state index contributed by atoms with van der Waals surface area (Å²) in [5.74, 6) is 0.508. The molecule has 0 spiro atoms. The Morgan fingerprint density at radius 1 is 1.15 bits per heavy atom. The first-order valence-electron chi connectivity index (χ1n) is 5.98. The molecule has 3 aromatic rings. The molecule has 2 heterocycles. The van der Waals surface area contributed by atoms with E-state index in [4.69, 9.17) is 27.9 Å². The molecule has 0 saturated heterocycles. The van der Waals surface area contributed by atoms with Crippen LogP contribution in [0.1, 0.15) is 5.56 Å². The van der Waals surface area contributed by atoms with Crippen LogP contribution < -0.4 is 4.74 Å². The highest BCUT2D eigenvalue weighted by atomic mass is 35.5. The summed E-state index contributed by atoms with van der Waals surface area (Å²) in [6.07, 6.45) is 3.44. The fourth-order valence-corrected chi connectivity index (χ4v) is 2.25. The second-order valence-corrected chi connectivity index (χ2v) is 5.19. The second kappa shape index (κ2) is 5.31. The third-order valence-electron chi connectivity index (χ3n) is 2.97. The zero-order chi connectivity index (χ0) is 14.1. The van der Waals surface area contributed by atoms with Crippen molar-refractivity contribution in [1.29, 1.82) is 0 Å². The fraction of sp³-hybridized carbons (Fsp3) is 0.143. The first-order valence-corrected chi connectivity index (χ1v) is 6.73. The van der Waals surface area contributed by atoms with Crippen LogP contribution in [0.25, 0.3) is 11.0 Å². The van der Waals surface area contributed by atoms with Crippen molar-refractivity contribution in [2.24, 2.45) is 7.05 Å². The second-order valence-electron chi connectivity index (χ2n) is 4.38. The van der Waals surface area contributed by atoms with Gasteiger partial charge in [-0.25, -0.2) is 9.97 Å². The van der Waals surface area contributed by atoms with E-state index in [0.717, 1.165) is 16.6 Å². The number of aromatic nitrogens is 3. The summed E-state index contributed by atoms with van der Waals surface area (Å²) in [6.45, 7) is 0.361. The maximum Gasteiger partial charge on any atom is 0.242 e. The molecule has 3 rings (SSSR count). The van der Waals surface area contributed by atoms with Gasteiger partial charge in [-0.1, -0.05) is 29.3 Å². The van der Waals surface area contributed by atoms with Crippen LogP contribution in [0.4, 0.5) is 0 Å². The van der Waals surface area contributed by atoms with E-state index in [-0.39, 0.29) is 0 Å². The molecule has 0 fully saturated rings. The first-order chi connectivity index (χ1) is 9.65. The van der Waals surface area contributed by atoms with Crippen LogP contribution in [0.2, 0.25) is 10.0 Å². The van der Waals surface area contributed by atoms with Crippen LogP contribution in [-0.4, -0.2) is 14.5 Å². The standard InChI is InChI=1S/C14H11Cl2N3O/c1-19-8-18-13-12(19)4-5-17-14(13)20-7-9-2-3-10(15)11(16)6-9/h2-6,8H,7H2,1H3. The van der Waals surface area contributed by atoms with Crippen molar-refractivity contribution in [3.05, 3.63) is 52.4 Å². The van der Waals surface area contributed by atoms with E-state index in [9.17, 15) is 0 Å². The summed E-state index contributed by atoms with van der Waals surface area (Å²) >= 11 is 11.9. The molecule has 0 bridgehead atoms. The van der Waals surface area contributed by atoms with Gasteiger partial charge in [-0.3, -0.25) is 0 Å². The molecule has 0 amide bonds. The van der Waals surface area contributed by atoms with E-state index in [1.54, 1.807) is 24.7 Å². The van der Waals surface area contributed by atoms with E-state index in [2.05, 4.69) is 9.97 Å². The van der Waals surface area contributed by atoms with Crippen LogP contribution in [0.3, 0.4) is 0 Å². The van der Waals surface area contributed by atoms with E-state index in [1.165, 1.54) is 0 Å². The van der Waals surface area contributed by atoms with Gasteiger partial charge in [-0.05, 0) is 23.8 Å². The van der Waals surface area contributed by atoms with Gasteiger partial charge in [0.25, 0.3) is 0 Å². The number of fused-ring (bicyclic) bond motifs is 1. The van der Waals surface area contributed by atoms with Gasteiger partial charge in [0, 0.05) is 13.2 Å². The van der Waals surface area contributed by atoms with Crippen molar-refractivity contribution < 1.29 is 4.74 Å². The minimum absolute atomic E-state index is 0.361. The predicted octanol–water partition coefficient (Wildman–Crippen LogP) is 3.85. The molecule has 2 aromatic heterocycles. The lowest BCUT2D eigenvalue weighted by Crippen LogP contribution is -1.98. The van der Waals surface area contributed by atoms with Crippen molar-refractivity contribution in [2.75, 3.05) is 0 Å². The Labute approximate surface area is 125 Å². The van der Waals surface area contributed by atoms with Crippen LogP contribution in [0, 0.1) is 0 Å². The number of ether oxygens (including phenoxy) is 1. The summed E-state index contributed by atoms with van der Waals surface area (Å²) < 4.78 is 7.64. The van der Waals surface area contributed by atoms with Gasteiger partial charge >= 0.3 is 0 Å². The summed E-state index contributed by atoms with van der Waals surface area (Å²) in [5, 5.41) is 1.04. The summed E-state index contributed by atoms with van der Waals surface area (Å²) in [6, 6.07) is 7.29. The van der Waals surface area contributed by atoms with Gasteiger partial charge in [0.15, 0.2) is 5.52 Å². The molecule has 0 aliphatic heterocycles. The molecule has 0 aliphatic rings. The minimum Gasteiger partial charge on any atom is -0.471 e. The van der Waals surface area contributed by atoms with Crippen molar-refractivity contribution in [1.82, 2.24) is 14.5 Å². The molecule has 4 nitrogen and oxygen atoms in total. The molecule has 1 aromatic carbocycles. The van der Waals surface area contributed by atoms with Gasteiger partial charge in [-0.2, -0.15) is 0 Å².